The Morgan fingerprint density at radius 3 is 2.52 bits per heavy atom. The van der Waals surface area contributed by atoms with E-state index in [1.165, 1.54) is 11.3 Å². The summed E-state index contributed by atoms with van der Waals surface area (Å²) in [5, 5.41) is 7.07. The molecule has 138 valence electrons. The Morgan fingerprint density at radius 2 is 1.92 bits per heavy atom. The van der Waals surface area contributed by atoms with Crippen LogP contribution in [0, 0.1) is 6.92 Å². The third kappa shape index (κ3) is 4.87. The highest BCUT2D eigenvalue weighted by Crippen LogP contribution is 2.34. The molecule has 0 spiro atoms. The third-order valence-corrected chi connectivity index (χ3v) is 4.73. The van der Waals surface area contributed by atoms with Crippen molar-refractivity contribution in [3.8, 4) is 5.88 Å². The number of aromatic nitrogens is 2. The number of ether oxygens (including phenoxy) is 2. The molecule has 0 unspecified atom stereocenters. The van der Waals surface area contributed by atoms with Crippen LogP contribution in [-0.2, 0) is 11.3 Å². The quantitative estimate of drug-likeness (QED) is 0.731. The number of fused-ring (bicyclic) bond motifs is 1. The van der Waals surface area contributed by atoms with E-state index in [9.17, 15) is 4.79 Å². The number of aryl methyl sites for hydroxylation is 1. The summed E-state index contributed by atoms with van der Waals surface area (Å²) in [5.41, 5.74) is 0.862. The first-order chi connectivity index (χ1) is 11.8. The molecule has 0 aromatic carbocycles. The second-order valence-electron chi connectivity index (χ2n) is 6.75. The third-order valence-electron chi connectivity index (χ3n) is 3.54. The van der Waals surface area contributed by atoms with Crippen LogP contribution in [0.4, 0.5) is 0 Å². The largest absolute Gasteiger partial charge is 0.480 e. The number of carbonyl (C=O) groups excluding carboxylic acids is 1. The molecule has 0 aliphatic heterocycles. The minimum atomic E-state index is -0.105. The first-order valence-corrected chi connectivity index (χ1v) is 8.94. The second-order valence-corrected chi connectivity index (χ2v) is 7.75. The van der Waals surface area contributed by atoms with E-state index in [4.69, 9.17) is 9.47 Å². The van der Waals surface area contributed by atoms with Gasteiger partial charge in [-0.1, -0.05) is 0 Å². The van der Waals surface area contributed by atoms with Crippen molar-refractivity contribution in [2.75, 3.05) is 27.3 Å². The normalized spacial score (nSPS) is 11.8. The van der Waals surface area contributed by atoms with Crippen LogP contribution in [-0.4, -0.2) is 48.7 Å². The number of methoxy groups -OCH3 is 2. The molecular weight excluding hydrogens is 340 g/mol. The average Bonchev–Trinajstić information content (AvgIpc) is 2.87. The Labute approximate surface area is 152 Å². The van der Waals surface area contributed by atoms with Crippen LogP contribution in [0.15, 0.2) is 0 Å². The maximum Gasteiger partial charge on any atom is 0.261 e. The molecule has 2 heterocycles. The lowest BCUT2D eigenvalue weighted by Crippen LogP contribution is -2.41. The number of hydrogen-bond acceptors (Lipinski definition) is 7. The zero-order valence-electron chi connectivity index (χ0n) is 15.6. The number of amides is 1. The number of thiophene rings is 1. The SMILES string of the molecule is COCc1nc(OC)c2c(C)c(C(=O)NCCNC(C)(C)C)sc2n1. The van der Waals surface area contributed by atoms with Gasteiger partial charge in [0.05, 0.1) is 17.4 Å². The summed E-state index contributed by atoms with van der Waals surface area (Å²) < 4.78 is 10.5. The zero-order valence-corrected chi connectivity index (χ0v) is 16.5. The van der Waals surface area contributed by atoms with Crippen LogP contribution >= 0.6 is 11.3 Å². The van der Waals surface area contributed by atoms with Gasteiger partial charge in [-0.05, 0) is 33.3 Å². The molecule has 2 aromatic rings. The van der Waals surface area contributed by atoms with E-state index in [0.29, 0.717) is 36.3 Å². The molecule has 0 radical (unpaired) electrons. The van der Waals surface area contributed by atoms with Gasteiger partial charge in [0.2, 0.25) is 5.88 Å². The highest BCUT2D eigenvalue weighted by molar-refractivity contribution is 7.20. The van der Waals surface area contributed by atoms with Gasteiger partial charge in [0.25, 0.3) is 5.91 Å². The molecule has 25 heavy (non-hydrogen) atoms. The lowest BCUT2D eigenvalue weighted by molar-refractivity contribution is 0.0956. The molecule has 2 rings (SSSR count). The number of rotatable bonds is 7. The highest BCUT2D eigenvalue weighted by atomic mass is 32.1. The van der Waals surface area contributed by atoms with Crippen LogP contribution in [0.3, 0.4) is 0 Å². The minimum absolute atomic E-state index is 0.0267. The Hall–Kier alpha value is -1.77. The van der Waals surface area contributed by atoms with Crippen molar-refractivity contribution in [3.63, 3.8) is 0 Å². The second kappa shape index (κ2) is 8.07. The van der Waals surface area contributed by atoms with Crippen molar-refractivity contribution in [1.82, 2.24) is 20.6 Å². The van der Waals surface area contributed by atoms with E-state index in [0.717, 1.165) is 15.8 Å². The first kappa shape index (κ1) is 19.6. The molecule has 0 aliphatic rings. The molecule has 0 bridgehead atoms. The number of nitrogens with zero attached hydrogens (tertiary/aromatic N) is 2. The maximum atomic E-state index is 12.5. The molecule has 0 atom stereocenters. The summed E-state index contributed by atoms with van der Waals surface area (Å²) in [5.74, 6) is 0.903. The van der Waals surface area contributed by atoms with Gasteiger partial charge in [-0.3, -0.25) is 4.79 Å². The summed E-state index contributed by atoms with van der Waals surface area (Å²) in [6.45, 7) is 9.72. The summed E-state index contributed by atoms with van der Waals surface area (Å²) in [6, 6.07) is 0. The van der Waals surface area contributed by atoms with Crippen molar-refractivity contribution < 1.29 is 14.3 Å². The lowest BCUT2D eigenvalue weighted by atomic mass is 10.1. The first-order valence-electron chi connectivity index (χ1n) is 8.13. The monoisotopic (exact) mass is 366 g/mol. The van der Waals surface area contributed by atoms with E-state index in [1.807, 2.05) is 6.92 Å². The van der Waals surface area contributed by atoms with Crippen LogP contribution in [0.25, 0.3) is 10.2 Å². The Balaban J connectivity index is 2.21. The van der Waals surface area contributed by atoms with Crippen molar-refractivity contribution >= 4 is 27.5 Å². The maximum absolute atomic E-state index is 12.5. The highest BCUT2D eigenvalue weighted by Gasteiger charge is 2.21. The molecule has 0 saturated heterocycles. The average molecular weight is 366 g/mol. The van der Waals surface area contributed by atoms with Gasteiger partial charge in [-0.15, -0.1) is 11.3 Å². The molecule has 2 N–H and O–H groups in total. The zero-order chi connectivity index (χ0) is 18.6. The Bertz CT molecular complexity index is 752. The van der Waals surface area contributed by atoms with Crippen LogP contribution in [0.1, 0.15) is 41.8 Å². The molecule has 1 amide bonds. The number of hydrogen-bond donors (Lipinski definition) is 2. The molecule has 0 fully saturated rings. The van der Waals surface area contributed by atoms with Gasteiger partial charge in [0.1, 0.15) is 11.4 Å². The summed E-state index contributed by atoms with van der Waals surface area (Å²) in [7, 11) is 3.15. The number of nitrogens with one attached hydrogen (secondary N) is 2. The lowest BCUT2D eigenvalue weighted by Gasteiger charge is -2.20. The van der Waals surface area contributed by atoms with Gasteiger partial charge < -0.3 is 20.1 Å². The van der Waals surface area contributed by atoms with E-state index in [2.05, 4.69) is 41.4 Å². The molecule has 7 nitrogen and oxygen atoms in total. The van der Waals surface area contributed by atoms with Crippen molar-refractivity contribution in [3.05, 3.63) is 16.3 Å². The number of carbonyl (C=O) groups is 1. The summed E-state index contributed by atoms with van der Waals surface area (Å²) in [6.07, 6.45) is 0. The van der Waals surface area contributed by atoms with Crippen LogP contribution in [0.5, 0.6) is 5.88 Å². The van der Waals surface area contributed by atoms with Crippen LogP contribution < -0.4 is 15.4 Å². The smallest absolute Gasteiger partial charge is 0.261 e. The minimum Gasteiger partial charge on any atom is -0.480 e. The predicted octanol–water partition coefficient (Wildman–Crippen LogP) is 2.27. The fraction of sp³-hybridized carbons (Fsp3) is 0.588. The molecule has 0 aliphatic carbocycles. The Kier molecular flexibility index (Phi) is 6.31. The van der Waals surface area contributed by atoms with E-state index in [1.54, 1.807) is 14.2 Å². The molecule has 2 aromatic heterocycles. The predicted molar refractivity (Wildman–Crippen MR) is 99.5 cm³/mol. The van der Waals surface area contributed by atoms with Gasteiger partial charge >= 0.3 is 0 Å². The van der Waals surface area contributed by atoms with Crippen LogP contribution in [0.2, 0.25) is 0 Å². The van der Waals surface area contributed by atoms with E-state index in [-0.39, 0.29) is 11.4 Å². The van der Waals surface area contributed by atoms with E-state index >= 15 is 0 Å². The fourth-order valence-electron chi connectivity index (χ4n) is 2.40. The summed E-state index contributed by atoms with van der Waals surface area (Å²) in [4.78, 5) is 22.7. The van der Waals surface area contributed by atoms with Gasteiger partial charge in [0.15, 0.2) is 5.82 Å². The van der Waals surface area contributed by atoms with Gasteiger partial charge in [0, 0.05) is 25.7 Å². The van der Waals surface area contributed by atoms with E-state index < -0.39 is 0 Å². The van der Waals surface area contributed by atoms with Crippen molar-refractivity contribution in [2.45, 2.75) is 39.8 Å². The van der Waals surface area contributed by atoms with Gasteiger partial charge in [-0.25, -0.2) is 4.98 Å². The molecular formula is C17H26N4O3S. The fourth-order valence-corrected chi connectivity index (χ4v) is 3.50. The van der Waals surface area contributed by atoms with Crippen molar-refractivity contribution in [2.24, 2.45) is 0 Å². The van der Waals surface area contributed by atoms with Gasteiger partial charge in [-0.2, -0.15) is 4.98 Å². The topological polar surface area (TPSA) is 85.4 Å². The standard InChI is InChI=1S/C17H26N4O3S/c1-10-12-15(24-6)20-11(9-23-5)21-16(12)25-13(10)14(22)18-7-8-19-17(2,3)4/h19H,7-9H2,1-6H3,(H,18,22). The molecule has 8 heteroatoms. The summed E-state index contributed by atoms with van der Waals surface area (Å²) >= 11 is 1.35. The van der Waals surface area contributed by atoms with Crippen molar-refractivity contribution in [1.29, 1.82) is 0 Å². The Morgan fingerprint density at radius 1 is 1.20 bits per heavy atom. The molecule has 0 saturated carbocycles.